The molecule has 9 nitrogen and oxygen atoms in total. The highest BCUT2D eigenvalue weighted by Gasteiger charge is 2.30. The molecular weight excluding hydrogens is 370 g/mol. The largest absolute Gasteiger partial charge is 0.368 e. The second-order valence-corrected chi connectivity index (χ2v) is 7.70. The predicted molar refractivity (Wildman–Crippen MR) is 112 cm³/mol. The van der Waals surface area contributed by atoms with Crippen LogP contribution in [0.5, 0.6) is 0 Å². The van der Waals surface area contributed by atoms with Gasteiger partial charge < -0.3 is 22.1 Å². The van der Waals surface area contributed by atoms with E-state index >= 15 is 0 Å². The summed E-state index contributed by atoms with van der Waals surface area (Å²) in [7, 11) is 0. The lowest BCUT2D eigenvalue weighted by Gasteiger charge is -2.29. The van der Waals surface area contributed by atoms with Crippen LogP contribution in [0.15, 0.2) is 42.7 Å². The number of fused-ring (bicyclic) bond motifs is 1. The number of pyridine rings is 1. The van der Waals surface area contributed by atoms with Crippen molar-refractivity contribution < 1.29 is 9.59 Å². The van der Waals surface area contributed by atoms with Crippen LogP contribution in [0.3, 0.4) is 0 Å². The van der Waals surface area contributed by atoms with Crippen molar-refractivity contribution in [2.45, 2.75) is 26.8 Å². The molecule has 3 rings (SSSR count). The number of hydrogen-bond acceptors (Lipinski definition) is 7. The Morgan fingerprint density at radius 3 is 2.52 bits per heavy atom. The molecule has 0 aliphatic carbocycles. The van der Waals surface area contributed by atoms with E-state index in [1.54, 1.807) is 6.20 Å². The number of anilines is 3. The van der Waals surface area contributed by atoms with Gasteiger partial charge in [-0.15, -0.1) is 0 Å². The van der Waals surface area contributed by atoms with Crippen LogP contribution in [0.1, 0.15) is 31.3 Å². The number of amides is 2. The lowest BCUT2D eigenvalue weighted by Crippen LogP contribution is -2.45. The van der Waals surface area contributed by atoms with Gasteiger partial charge in [0.05, 0.1) is 11.7 Å². The molecule has 0 spiro atoms. The number of nitrogens with two attached hydrogens (primary N) is 2. The average molecular weight is 393 g/mol. The van der Waals surface area contributed by atoms with E-state index in [9.17, 15) is 9.59 Å². The maximum atomic E-state index is 11.8. The zero-order chi connectivity index (χ0) is 21.2. The monoisotopic (exact) mass is 393 g/mol. The van der Waals surface area contributed by atoms with E-state index in [4.69, 9.17) is 11.5 Å². The molecule has 0 aliphatic heterocycles. The molecular formula is C20H23N7O2. The maximum Gasteiger partial charge on any atom is 0.271 e. The van der Waals surface area contributed by atoms with Gasteiger partial charge in [0.1, 0.15) is 11.9 Å². The normalized spacial score (nSPS) is 12.4. The average Bonchev–Trinajstić information content (AvgIpc) is 2.65. The fourth-order valence-corrected chi connectivity index (χ4v) is 2.88. The van der Waals surface area contributed by atoms with E-state index in [0.717, 1.165) is 10.9 Å². The smallest absolute Gasteiger partial charge is 0.271 e. The highest BCUT2D eigenvalue weighted by molar-refractivity contribution is 5.97. The standard InChI is InChI=1S/C20H23N7O2/c1-20(2,3)16(18(22)29)26-14-10-24-15(17(21)28)19(27-14)25-12-6-7-13-11(9-12)5-4-8-23-13/h4-10,16H,1-3H3,(H2,21,28)(H2,22,29)(H2,25,26,27). The number of hydrogen-bond donors (Lipinski definition) is 4. The Balaban J connectivity index is 1.96. The molecule has 3 aromatic rings. The first-order valence-electron chi connectivity index (χ1n) is 8.99. The van der Waals surface area contributed by atoms with Crippen molar-refractivity contribution in [1.82, 2.24) is 15.0 Å². The zero-order valence-electron chi connectivity index (χ0n) is 16.4. The van der Waals surface area contributed by atoms with Gasteiger partial charge in [-0.1, -0.05) is 26.8 Å². The van der Waals surface area contributed by atoms with E-state index in [1.807, 2.05) is 51.1 Å². The van der Waals surface area contributed by atoms with Gasteiger partial charge >= 0.3 is 0 Å². The third-order valence-corrected chi connectivity index (χ3v) is 4.31. The van der Waals surface area contributed by atoms with Gasteiger partial charge in [0.15, 0.2) is 11.5 Å². The SMILES string of the molecule is CC(C)(C)C(Nc1cnc(C(N)=O)c(Nc2ccc3ncccc3c2)n1)C(N)=O. The highest BCUT2D eigenvalue weighted by atomic mass is 16.1. The van der Waals surface area contributed by atoms with Crippen molar-refractivity contribution in [2.24, 2.45) is 16.9 Å². The van der Waals surface area contributed by atoms with Gasteiger partial charge in [0, 0.05) is 17.3 Å². The summed E-state index contributed by atoms with van der Waals surface area (Å²) < 4.78 is 0. The number of aromatic nitrogens is 3. The Bertz CT molecular complexity index is 1080. The molecule has 2 amide bonds. The summed E-state index contributed by atoms with van der Waals surface area (Å²) in [5, 5.41) is 6.98. The van der Waals surface area contributed by atoms with Crippen molar-refractivity contribution in [3.05, 3.63) is 48.4 Å². The molecule has 6 N–H and O–H groups in total. The van der Waals surface area contributed by atoms with E-state index in [-0.39, 0.29) is 11.5 Å². The second kappa shape index (κ2) is 7.70. The highest BCUT2D eigenvalue weighted by Crippen LogP contribution is 2.25. The minimum Gasteiger partial charge on any atom is -0.368 e. The molecule has 0 saturated carbocycles. The lowest BCUT2D eigenvalue weighted by atomic mass is 9.86. The molecule has 0 saturated heterocycles. The number of benzene rings is 1. The first-order chi connectivity index (χ1) is 13.6. The number of carbonyl (C=O) groups is 2. The van der Waals surface area contributed by atoms with E-state index in [0.29, 0.717) is 11.5 Å². The fraction of sp³-hybridized carbons (Fsp3) is 0.250. The van der Waals surface area contributed by atoms with Gasteiger partial charge in [0.2, 0.25) is 5.91 Å². The molecule has 9 heteroatoms. The van der Waals surface area contributed by atoms with Gasteiger partial charge in [-0.05, 0) is 29.7 Å². The fourth-order valence-electron chi connectivity index (χ4n) is 2.88. The molecule has 0 fully saturated rings. The van der Waals surface area contributed by atoms with Crippen LogP contribution in [0.25, 0.3) is 10.9 Å². The van der Waals surface area contributed by atoms with Crippen molar-refractivity contribution in [1.29, 1.82) is 0 Å². The van der Waals surface area contributed by atoms with Crippen LogP contribution in [-0.4, -0.2) is 32.8 Å². The van der Waals surface area contributed by atoms with Gasteiger partial charge in [0.25, 0.3) is 5.91 Å². The summed E-state index contributed by atoms with van der Waals surface area (Å²) >= 11 is 0. The molecule has 1 atom stereocenters. The number of nitrogens with zero attached hydrogens (tertiary/aromatic N) is 3. The van der Waals surface area contributed by atoms with E-state index < -0.39 is 23.3 Å². The van der Waals surface area contributed by atoms with Crippen molar-refractivity contribution >= 4 is 40.0 Å². The molecule has 0 radical (unpaired) electrons. The van der Waals surface area contributed by atoms with E-state index in [2.05, 4.69) is 25.6 Å². The number of rotatable bonds is 6. The summed E-state index contributed by atoms with van der Waals surface area (Å²) in [6.07, 6.45) is 3.06. The van der Waals surface area contributed by atoms with Crippen LogP contribution >= 0.6 is 0 Å². The van der Waals surface area contributed by atoms with Crippen LogP contribution < -0.4 is 22.1 Å². The summed E-state index contributed by atoms with van der Waals surface area (Å²) in [6, 6.07) is 8.60. The summed E-state index contributed by atoms with van der Waals surface area (Å²) in [6.45, 7) is 5.63. The number of primary amides is 2. The first kappa shape index (κ1) is 20.0. The van der Waals surface area contributed by atoms with Gasteiger partial charge in [-0.3, -0.25) is 14.6 Å². The first-order valence-corrected chi connectivity index (χ1v) is 8.99. The maximum absolute atomic E-state index is 11.8. The van der Waals surface area contributed by atoms with Crippen LogP contribution in [-0.2, 0) is 4.79 Å². The topological polar surface area (TPSA) is 149 Å². The molecule has 0 aliphatic rings. The summed E-state index contributed by atoms with van der Waals surface area (Å²) in [4.78, 5) is 36.4. The molecule has 150 valence electrons. The van der Waals surface area contributed by atoms with E-state index in [1.165, 1.54) is 6.20 Å². The predicted octanol–water partition coefficient (Wildman–Crippen LogP) is 2.18. The molecule has 2 aromatic heterocycles. The van der Waals surface area contributed by atoms with Crippen LogP contribution in [0, 0.1) is 5.41 Å². The molecule has 29 heavy (non-hydrogen) atoms. The number of carbonyl (C=O) groups excluding carboxylic acids is 2. The second-order valence-electron chi connectivity index (χ2n) is 7.70. The van der Waals surface area contributed by atoms with Crippen LogP contribution in [0.4, 0.5) is 17.3 Å². The quantitative estimate of drug-likeness (QED) is 0.501. The summed E-state index contributed by atoms with van der Waals surface area (Å²) in [5.74, 6) is -0.785. The zero-order valence-corrected chi connectivity index (χ0v) is 16.4. The third-order valence-electron chi connectivity index (χ3n) is 4.31. The minimum absolute atomic E-state index is 0.0202. The Kier molecular flexibility index (Phi) is 5.31. The number of nitrogens with one attached hydrogen (secondary N) is 2. The van der Waals surface area contributed by atoms with Crippen molar-refractivity contribution in [3.8, 4) is 0 Å². The van der Waals surface area contributed by atoms with Gasteiger partial charge in [-0.25, -0.2) is 9.97 Å². The molecule has 0 bridgehead atoms. The van der Waals surface area contributed by atoms with Crippen molar-refractivity contribution in [3.63, 3.8) is 0 Å². The Morgan fingerprint density at radius 1 is 1.10 bits per heavy atom. The molecule has 1 unspecified atom stereocenters. The minimum atomic E-state index is -0.726. The van der Waals surface area contributed by atoms with Crippen molar-refractivity contribution in [2.75, 3.05) is 10.6 Å². The van der Waals surface area contributed by atoms with Gasteiger partial charge in [-0.2, -0.15) is 0 Å². The molecule has 1 aromatic carbocycles. The van der Waals surface area contributed by atoms with Crippen LogP contribution in [0.2, 0.25) is 0 Å². The third kappa shape index (κ3) is 4.57. The lowest BCUT2D eigenvalue weighted by molar-refractivity contribution is -0.120. The summed E-state index contributed by atoms with van der Waals surface area (Å²) in [5.41, 5.74) is 12.0. The molecule has 2 heterocycles. The Hall–Kier alpha value is -3.75. The Morgan fingerprint density at radius 2 is 1.86 bits per heavy atom. The Labute approximate surface area is 167 Å².